The average Bonchev–Trinajstić information content (AvgIpc) is 2.68. The fraction of sp³-hybridized carbons (Fsp3) is 0.565. The van der Waals surface area contributed by atoms with Gasteiger partial charge in [0.2, 0.25) is 0 Å². The zero-order chi connectivity index (χ0) is 21.6. The van der Waals surface area contributed by atoms with Crippen LogP contribution >= 0.6 is 0 Å². The van der Waals surface area contributed by atoms with Gasteiger partial charge < -0.3 is 14.6 Å². The number of aliphatic carboxylic acids is 1. The Labute approximate surface area is 171 Å². The summed E-state index contributed by atoms with van der Waals surface area (Å²) in [6, 6.07) is 2.58. The molecule has 3 N–H and O–H groups in total. The van der Waals surface area contributed by atoms with Crippen LogP contribution in [0.4, 0.5) is 0 Å². The number of nitrogens with one attached hydrogen (secondary N) is 1. The van der Waals surface area contributed by atoms with Crippen LogP contribution in [0.3, 0.4) is 0 Å². The Hall–Kier alpha value is -2.34. The number of aromatic hydroxyl groups is 1. The van der Waals surface area contributed by atoms with Crippen molar-refractivity contribution in [3.05, 3.63) is 39.2 Å². The molecule has 160 valence electrons. The number of carboxylic acid groups (broad SMARTS) is 1. The number of phenols is 1. The van der Waals surface area contributed by atoms with Crippen LogP contribution in [-0.4, -0.2) is 22.2 Å². The Balaban J connectivity index is 2.37. The molecule has 0 saturated carbocycles. The maximum Gasteiger partial charge on any atom is 0.339 e. The molecule has 0 spiro atoms. The number of benzene rings is 1. The standard InChI is InChI=1S/C23H33NO5/c1-5-7-8-9-10-17-15(4)16-11-12-19(25)18(21(16)29-23(17)28)13-24-20(22(26)27)14(3)6-2/h11-12,14,20,24-25H,5-10,13H2,1-4H3,(H,26,27)/t14-,20+/m1/s1. The molecule has 0 radical (unpaired) electrons. The van der Waals surface area contributed by atoms with E-state index in [4.69, 9.17) is 4.42 Å². The third-order valence-electron chi connectivity index (χ3n) is 5.79. The van der Waals surface area contributed by atoms with E-state index < -0.39 is 12.0 Å². The third kappa shape index (κ3) is 5.38. The van der Waals surface area contributed by atoms with Crippen molar-refractivity contribution in [2.45, 2.75) is 78.8 Å². The number of hydrogen-bond acceptors (Lipinski definition) is 5. The summed E-state index contributed by atoms with van der Waals surface area (Å²) in [7, 11) is 0. The highest BCUT2D eigenvalue weighted by atomic mass is 16.4. The number of carbonyl (C=O) groups is 1. The van der Waals surface area contributed by atoms with E-state index >= 15 is 0 Å². The molecule has 0 fully saturated rings. The van der Waals surface area contributed by atoms with E-state index in [9.17, 15) is 19.8 Å². The number of rotatable bonds is 11. The van der Waals surface area contributed by atoms with Crippen molar-refractivity contribution < 1.29 is 19.4 Å². The van der Waals surface area contributed by atoms with Gasteiger partial charge in [-0.3, -0.25) is 10.1 Å². The van der Waals surface area contributed by atoms with Crippen molar-refractivity contribution in [1.29, 1.82) is 0 Å². The number of aryl methyl sites for hydroxylation is 1. The van der Waals surface area contributed by atoms with E-state index in [-0.39, 0.29) is 23.8 Å². The normalized spacial score (nSPS) is 13.5. The quantitative estimate of drug-likeness (QED) is 0.377. The molecule has 6 heteroatoms. The average molecular weight is 404 g/mol. The molecule has 2 aromatic rings. The molecule has 0 aliphatic carbocycles. The molecule has 2 rings (SSSR count). The molecule has 2 atom stereocenters. The molecule has 0 saturated heterocycles. The lowest BCUT2D eigenvalue weighted by atomic mass is 9.97. The van der Waals surface area contributed by atoms with E-state index in [0.29, 0.717) is 29.6 Å². The molecular weight excluding hydrogens is 370 g/mol. The monoisotopic (exact) mass is 403 g/mol. The van der Waals surface area contributed by atoms with Crippen LogP contribution in [0.25, 0.3) is 11.0 Å². The van der Waals surface area contributed by atoms with Crippen molar-refractivity contribution >= 4 is 16.9 Å². The lowest BCUT2D eigenvalue weighted by molar-refractivity contribution is -0.140. The highest BCUT2D eigenvalue weighted by Crippen LogP contribution is 2.30. The largest absolute Gasteiger partial charge is 0.507 e. The predicted octanol–water partition coefficient (Wildman–Crippen LogP) is 4.52. The summed E-state index contributed by atoms with van der Waals surface area (Å²) in [4.78, 5) is 24.2. The molecule has 1 heterocycles. The number of phenolic OH excluding ortho intramolecular Hbond substituents is 1. The Morgan fingerprint density at radius 1 is 1.17 bits per heavy atom. The van der Waals surface area contributed by atoms with Gasteiger partial charge in [0.15, 0.2) is 0 Å². The first-order valence-corrected chi connectivity index (χ1v) is 10.5. The Morgan fingerprint density at radius 3 is 2.52 bits per heavy atom. The molecular formula is C23H33NO5. The van der Waals surface area contributed by atoms with E-state index in [1.807, 2.05) is 20.8 Å². The van der Waals surface area contributed by atoms with E-state index in [2.05, 4.69) is 12.2 Å². The second kappa shape index (κ2) is 10.4. The van der Waals surface area contributed by atoms with Crippen molar-refractivity contribution in [1.82, 2.24) is 5.32 Å². The number of fused-ring (bicyclic) bond motifs is 1. The van der Waals surface area contributed by atoms with Crippen LogP contribution in [0.15, 0.2) is 21.3 Å². The van der Waals surface area contributed by atoms with Crippen LogP contribution in [0.1, 0.15) is 69.6 Å². The highest BCUT2D eigenvalue weighted by molar-refractivity contribution is 5.85. The minimum atomic E-state index is -0.939. The molecule has 0 amide bonds. The van der Waals surface area contributed by atoms with Gasteiger partial charge in [-0.15, -0.1) is 0 Å². The van der Waals surface area contributed by atoms with Gasteiger partial charge >= 0.3 is 11.6 Å². The summed E-state index contributed by atoms with van der Waals surface area (Å²) in [5.74, 6) is -1.03. The van der Waals surface area contributed by atoms with E-state index in [0.717, 1.165) is 36.6 Å². The lowest BCUT2D eigenvalue weighted by Crippen LogP contribution is -2.41. The van der Waals surface area contributed by atoms with E-state index in [1.165, 1.54) is 0 Å². The molecule has 1 aromatic carbocycles. The molecule has 29 heavy (non-hydrogen) atoms. The van der Waals surface area contributed by atoms with Gasteiger partial charge in [0.05, 0.1) is 5.56 Å². The predicted molar refractivity (Wildman–Crippen MR) is 114 cm³/mol. The van der Waals surface area contributed by atoms with Crippen LogP contribution < -0.4 is 10.9 Å². The lowest BCUT2D eigenvalue weighted by Gasteiger charge is -2.21. The first kappa shape index (κ1) is 22.9. The second-order valence-electron chi connectivity index (χ2n) is 7.83. The summed E-state index contributed by atoms with van der Waals surface area (Å²) in [5.41, 5.74) is 1.90. The van der Waals surface area contributed by atoms with Crippen LogP contribution in [0.5, 0.6) is 5.75 Å². The maximum atomic E-state index is 12.6. The number of hydrogen-bond donors (Lipinski definition) is 3. The smallest absolute Gasteiger partial charge is 0.339 e. The van der Waals surface area contributed by atoms with Crippen molar-refractivity contribution in [2.24, 2.45) is 5.92 Å². The molecule has 0 aliphatic rings. The van der Waals surface area contributed by atoms with E-state index in [1.54, 1.807) is 12.1 Å². The van der Waals surface area contributed by atoms with Gasteiger partial charge in [-0.1, -0.05) is 46.5 Å². The zero-order valence-electron chi connectivity index (χ0n) is 17.9. The first-order valence-electron chi connectivity index (χ1n) is 10.5. The van der Waals surface area contributed by atoms with Crippen LogP contribution in [0, 0.1) is 12.8 Å². The molecule has 0 bridgehead atoms. The van der Waals surface area contributed by atoms with Crippen molar-refractivity contribution in [3.8, 4) is 5.75 Å². The summed E-state index contributed by atoms with van der Waals surface area (Å²) < 4.78 is 5.62. The second-order valence-corrected chi connectivity index (χ2v) is 7.83. The number of unbranched alkanes of at least 4 members (excludes halogenated alkanes) is 3. The fourth-order valence-corrected chi connectivity index (χ4v) is 3.67. The molecule has 0 unspecified atom stereocenters. The maximum absolute atomic E-state index is 12.6. The van der Waals surface area contributed by atoms with Crippen molar-refractivity contribution in [2.75, 3.05) is 0 Å². The Morgan fingerprint density at radius 2 is 1.90 bits per heavy atom. The Kier molecular flexibility index (Phi) is 8.26. The molecule has 1 aromatic heterocycles. The van der Waals surface area contributed by atoms with Crippen LogP contribution in [0.2, 0.25) is 0 Å². The van der Waals surface area contributed by atoms with Crippen molar-refractivity contribution in [3.63, 3.8) is 0 Å². The zero-order valence-corrected chi connectivity index (χ0v) is 17.9. The summed E-state index contributed by atoms with van der Waals surface area (Å²) in [6.07, 6.45) is 5.67. The van der Waals surface area contributed by atoms with Gasteiger partial charge in [0, 0.05) is 17.5 Å². The first-order chi connectivity index (χ1) is 13.8. The van der Waals surface area contributed by atoms with Gasteiger partial charge in [0.25, 0.3) is 0 Å². The fourth-order valence-electron chi connectivity index (χ4n) is 3.67. The summed E-state index contributed by atoms with van der Waals surface area (Å²) in [6.45, 7) is 7.95. The van der Waals surface area contributed by atoms with Gasteiger partial charge in [-0.05, 0) is 43.4 Å². The topological polar surface area (TPSA) is 99.8 Å². The summed E-state index contributed by atoms with van der Waals surface area (Å²) in [5, 5.41) is 23.6. The molecule has 0 aliphatic heterocycles. The minimum absolute atomic E-state index is 0.0171. The highest BCUT2D eigenvalue weighted by Gasteiger charge is 2.24. The third-order valence-corrected chi connectivity index (χ3v) is 5.79. The van der Waals surface area contributed by atoms with Gasteiger partial charge in [-0.2, -0.15) is 0 Å². The van der Waals surface area contributed by atoms with Crippen LogP contribution in [-0.2, 0) is 17.8 Å². The summed E-state index contributed by atoms with van der Waals surface area (Å²) >= 11 is 0. The minimum Gasteiger partial charge on any atom is -0.507 e. The van der Waals surface area contributed by atoms with Gasteiger partial charge in [-0.25, -0.2) is 4.79 Å². The molecule has 6 nitrogen and oxygen atoms in total. The Bertz CT molecular complexity index is 902. The number of carboxylic acids is 1. The SMILES string of the molecule is CCCCCCc1c(C)c2ccc(O)c(CN[C@H](C(=O)O)[C@H](C)CC)c2oc1=O. The van der Waals surface area contributed by atoms with Gasteiger partial charge in [0.1, 0.15) is 17.4 Å².